The lowest BCUT2D eigenvalue weighted by Crippen LogP contribution is -2.54. The van der Waals surface area contributed by atoms with Gasteiger partial charge < -0.3 is 4.74 Å². The Morgan fingerprint density at radius 1 is 1.03 bits per heavy atom. The molecular formula is C25H18BrClN2O4. The van der Waals surface area contributed by atoms with E-state index < -0.39 is 17.8 Å². The van der Waals surface area contributed by atoms with Crippen molar-refractivity contribution in [2.75, 3.05) is 4.90 Å². The molecule has 1 aliphatic rings. The number of imide groups is 2. The number of urea groups is 1. The number of benzene rings is 3. The van der Waals surface area contributed by atoms with Crippen molar-refractivity contribution < 1.29 is 19.1 Å². The van der Waals surface area contributed by atoms with Crippen molar-refractivity contribution in [2.24, 2.45) is 0 Å². The maximum atomic E-state index is 13.2. The molecule has 3 aromatic carbocycles. The van der Waals surface area contributed by atoms with Crippen molar-refractivity contribution in [1.29, 1.82) is 0 Å². The second-order valence-corrected chi connectivity index (χ2v) is 8.70. The SMILES string of the molecule is Cc1cc(Br)ccc1N1C(=O)NC(=O)/C(=C/c2ccccc2OCc2cccc(Cl)c2)C1=O. The number of carbonyl (C=O) groups excluding carboxylic acids is 3. The van der Waals surface area contributed by atoms with E-state index in [0.717, 1.165) is 14.9 Å². The summed E-state index contributed by atoms with van der Waals surface area (Å²) in [6.07, 6.45) is 1.43. The fourth-order valence-electron chi connectivity index (χ4n) is 3.42. The van der Waals surface area contributed by atoms with Gasteiger partial charge in [-0.05, 0) is 60.5 Å². The van der Waals surface area contributed by atoms with Crippen LogP contribution in [0.4, 0.5) is 10.5 Å². The van der Waals surface area contributed by atoms with Gasteiger partial charge in [0, 0.05) is 15.1 Å². The number of nitrogens with one attached hydrogen (secondary N) is 1. The predicted octanol–water partition coefficient (Wildman–Crippen LogP) is 5.66. The number of carbonyl (C=O) groups is 3. The zero-order chi connectivity index (χ0) is 23.5. The lowest BCUT2D eigenvalue weighted by Gasteiger charge is -2.27. The van der Waals surface area contributed by atoms with Crippen molar-refractivity contribution in [1.82, 2.24) is 5.32 Å². The van der Waals surface area contributed by atoms with E-state index in [4.69, 9.17) is 16.3 Å². The fourth-order valence-corrected chi connectivity index (χ4v) is 4.11. The zero-order valence-corrected chi connectivity index (χ0v) is 19.8. The maximum Gasteiger partial charge on any atom is 0.335 e. The Kier molecular flexibility index (Phi) is 6.62. The summed E-state index contributed by atoms with van der Waals surface area (Å²) in [5.41, 5.74) is 2.32. The average molecular weight is 526 g/mol. The van der Waals surface area contributed by atoms with Crippen molar-refractivity contribution in [2.45, 2.75) is 13.5 Å². The molecule has 3 aromatic rings. The minimum atomic E-state index is -0.793. The molecule has 0 saturated carbocycles. The normalized spacial score (nSPS) is 15.1. The number of ether oxygens (including phenoxy) is 1. The summed E-state index contributed by atoms with van der Waals surface area (Å²) in [6, 6.07) is 18.7. The van der Waals surface area contributed by atoms with Crippen molar-refractivity contribution >= 4 is 57.1 Å². The summed E-state index contributed by atoms with van der Waals surface area (Å²) >= 11 is 9.40. The summed E-state index contributed by atoms with van der Waals surface area (Å²) in [5, 5.41) is 2.85. The van der Waals surface area contributed by atoms with Crippen molar-refractivity contribution in [3.63, 3.8) is 0 Å². The van der Waals surface area contributed by atoms with Gasteiger partial charge in [-0.2, -0.15) is 0 Å². The molecule has 0 aromatic heterocycles. The molecule has 0 bridgehead atoms. The molecule has 6 nitrogen and oxygen atoms in total. The molecule has 33 heavy (non-hydrogen) atoms. The molecule has 0 atom stereocenters. The van der Waals surface area contributed by atoms with Crippen LogP contribution in [0.5, 0.6) is 5.75 Å². The third-order valence-corrected chi connectivity index (χ3v) is 5.73. The molecule has 0 unspecified atom stereocenters. The van der Waals surface area contributed by atoms with Gasteiger partial charge in [-0.15, -0.1) is 0 Å². The molecule has 8 heteroatoms. The Bertz CT molecular complexity index is 1310. The smallest absolute Gasteiger partial charge is 0.335 e. The van der Waals surface area contributed by atoms with Gasteiger partial charge in [0.15, 0.2) is 0 Å². The first kappa shape index (κ1) is 22.8. The molecule has 0 aliphatic carbocycles. The average Bonchev–Trinajstić information content (AvgIpc) is 2.77. The van der Waals surface area contributed by atoms with Gasteiger partial charge in [-0.25, -0.2) is 9.69 Å². The second kappa shape index (κ2) is 9.60. The highest BCUT2D eigenvalue weighted by atomic mass is 79.9. The third kappa shape index (κ3) is 4.99. The van der Waals surface area contributed by atoms with Gasteiger partial charge in [0.1, 0.15) is 17.9 Å². The van der Waals surface area contributed by atoms with Crippen LogP contribution in [0.3, 0.4) is 0 Å². The molecule has 1 fully saturated rings. The highest BCUT2D eigenvalue weighted by Gasteiger charge is 2.37. The predicted molar refractivity (Wildman–Crippen MR) is 130 cm³/mol. The molecule has 1 N–H and O–H groups in total. The summed E-state index contributed by atoms with van der Waals surface area (Å²) in [7, 11) is 0. The molecule has 4 rings (SSSR count). The second-order valence-electron chi connectivity index (χ2n) is 7.35. The van der Waals surface area contributed by atoms with E-state index in [1.54, 1.807) is 61.5 Å². The molecular weight excluding hydrogens is 508 g/mol. The maximum absolute atomic E-state index is 13.2. The van der Waals surface area contributed by atoms with Crippen molar-refractivity contribution in [3.05, 3.63) is 98.5 Å². The van der Waals surface area contributed by atoms with E-state index >= 15 is 0 Å². The van der Waals surface area contributed by atoms with E-state index in [1.807, 2.05) is 12.1 Å². The fraction of sp³-hybridized carbons (Fsp3) is 0.0800. The first-order chi connectivity index (χ1) is 15.8. The number of rotatable bonds is 5. The quantitative estimate of drug-likeness (QED) is 0.345. The van der Waals surface area contributed by atoms with Crippen LogP contribution < -0.4 is 15.0 Å². The van der Waals surface area contributed by atoms with Crippen LogP contribution in [-0.4, -0.2) is 17.8 Å². The number of amides is 4. The van der Waals surface area contributed by atoms with Crippen molar-refractivity contribution in [3.8, 4) is 5.75 Å². The van der Waals surface area contributed by atoms with E-state index in [0.29, 0.717) is 27.6 Å². The number of halogens is 2. The van der Waals surface area contributed by atoms with Crippen LogP contribution in [0.15, 0.2) is 76.8 Å². The van der Waals surface area contributed by atoms with E-state index in [-0.39, 0.29) is 12.2 Å². The van der Waals surface area contributed by atoms with E-state index in [1.165, 1.54) is 6.08 Å². The Morgan fingerprint density at radius 2 is 1.82 bits per heavy atom. The van der Waals surface area contributed by atoms with Gasteiger partial charge in [-0.3, -0.25) is 14.9 Å². The lowest BCUT2D eigenvalue weighted by atomic mass is 10.0. The van der Waals surface area contributed by atoms with Gasteiger partial charge in [0.2, 0.25) is 0 Å². The summed E-state index contributed by atoms with van der Waals surface area (Å²) in [4.78, 5) is 39.2. The Labute approximate surface area is 203 Å². The molecule has 0 radical (unpaired) electrons. The van der Waals surface area contributed by atoms with E-state index in [2.05, 4.69) is 21.2 Å². The summed E-state index contributed by atoms with van der Waals surface area (Å²) in [6.45, 7) is 2.03. The third-order valence-electron chi connectivity index (χ3n) is 5.00. The Morgan fingerprint density at radius 3 is 2.58 bits per heavy atom. The number of anilines is 1. The Hall–Kier alpha value is -3.42. The zero-order valence-electron chi connectivity index (χ0n) is 17.5. The first-order valence-electron chi connectivity index (χ1n) is 9.97. The largest absolute Gasteiger partial charge is 0.488 e. The Balaban J connectivity index is 1.66. The van der Waals surface area contributed by atoms with E-state index in [9.17, 15) is 14.4 Å². The van der Waals surface area contributed by atoms with Crippen LogP contribution >= 0.6 is 27.5 Å². The molecule has 1 heterocycles. The molecule has 1 saturated heterocycles. The molecule has 1 aliphatic heterocycles. The van der Waals surface area contributed by atoms with Crippen LogP contribution in [0.1, 0.15) is 16.7 Å². The number of hydrogen-bond acceptors (Lipinski definition) is 4. The highest BCUT2D eigenvalue weighted by molar-refractivity contribution is 9.10. The van der Waals surface area contributed by atoms with Crippen LogP contribution in [0, 0.1) is 6.92 Å². The highest BCUT2D eigenvalue weighted by Crippen LogP contribution is 2.29. The number of nitrogens with zero attached hydrogens (tertiary/aromatic N) is 1. The topological polar surface area (TPSA) is 75.7 Å². The van der Waals surface area contributed by atoms with Gasteiger partial charge in [0.05, 0.1) is 5.69 Å². The standard InChI is InChI=1S/C25H18BrClN2O4/c1-15-11-18(26)9-10-21(15)29-24(31)20(23(30)28-25(29)32)13-17-6-2-3-8-22(17)33-14-16-5-4-7-19(27)12-16/h2-13H,14H2,1H3,(H,28,30,32)/b20-13-. The number of aryl methyl sites for hydroxylation is 1. The summed E-state index contributed by atoms with van der Waals surface area (Å²) in [5.74, 6) is -0.992. The van der Waals surface area contributed by atoms with Crippen LogP contribution in [-0.2, 0) is 16.2 Å². The minimum absolute atomic E-state index is 0.171. The molecule has 4 amide bonds. The van der Waals surface area contributed by atoms with Gasteiger partial charge in [-0.1, -0.05) is 57.9 Å². The number of hydrogen-bond donors (Lipinski definition) is 1. The molecule has 166 valence electrons. The summed E-state index contributed by atoms with van der Waals surface area (Å²) < 4.78 is 6.73. The van der Waals surface area contributed by atoms with Gasteiger partial charge >= 0.3 is 6.03 Å². The molecule has 0 spiro atoms. The lowest BCUT2D eigenvalue weighted by molar-refractivity contribution is -0.122. The first-order valence-corrected chi connectivity index (χ1v) is 11.1. The monoisotopic (exact) mass is 524 g/mol. The number of barbiturate groups is 1. The minimum Gasteiger partial charge on any atom is -0.488 e. The number of para-hydroxylation sites is 1. The van der Waals surface area contributed by atoms with Crippen LogP contribution in [0.25, 0.3) is 6.08 Å². The van der Waals surface area contributed by atoms with Gasteiger partial charge in [0.25, 0.3) is 11.8 Å². The van der Waals surface area contributed by atoms with Crippen LogP contribution in [0.2, 0.25) is 5.02 Å².